The molecule has 4 heteroatoms. The maximum Gasteiger partial charge on any atom is 0.0896 e. The van der Waals surface area contributed by atoms with Crippen LogP contribution in [-0.2, 0) is 0 Å². The quantitative estimate of drug-likeness (QED) is 0.813. The van der Waals surface area contributed by atoms with Gasteiger partial charge in [-0.1, -0.05) is 6.07 Å². The summed E-state index contributed by atoms with van der Waals surface area (Å²) >= 11 is 1.65. The van der Waals surface area contributed by atoms with Crippen molar-refractivity contribution in [3.63, 3.8) is 0 Å². The summed E-state index contributed by atoms with van der Waals surface area (Å²) < 4.78 is 0. The van der Waals surface area contributed by atoms with E-state index in [0.29, 0.717) is 12.1 Å². The van der Waals surface area contributed by atoms with Gasteiger partial charge in [0.25, 0.3) is 0 Å². The molecule has 3 nitrogen and oxygen atoms in total. The first-order chi connectivity index (χ1) is 10.2. The molecule has 0 spiro atoms. The lowest BCUT2D eigenvalue weighted by Gasteiger charge is -2.34. The van der Waals surface area contributed by atoms with E-state index in [-0.39, 0.29) is 6.10 Å². The third-order valence-corrected chi connectivity index (χ3v) is 5.74. The van der Waals surface area contributed by atoms with E-state index in [9.17, 15) is 5.11 Å². The molecule has 1 aromatic heterocycles. The summed E-state index contributed by atoms with van der Waals surface area (Å²) in [6.07, 6.45) is 5.91. The fourth-order valence-corrected chi connectivity index (χ4v) is 4.07. The Bertz CT molecular complexity index is 410. The summed E-state index contributed by atoms with van der Waals surface area (Å²) in [5, 5.41) is 16.0. The largest absolute Gasteiger partial charge is 0.388 e. The van der Waals surface area contributed by atoms with E-state index >= 15 is 0 Å². The Hall–Kier alpha value is -0.420. The van der Waals surface area contributed by atoms with Crippen molar-refractivity contribution in [3.05, 3.63) is 22.4 Å². The monoisotopic (exact) mass is 308 g/mol. The van der Waals surface area contributed by atoms with E-state index in [4.69, 9.17) is 0 Å². The lowest BCUT2D eigenvalue weighted by atomic mass is 10.0. The maximum atomic E-state index is 10.2. The molecule has 0 bridgehead atoms. The van der Waals surface area contributed by atoms with Crippen molar-refractivity contribution in [2.75, 3.05) is 19.6 Å². The Kier molecular flexibility index (Phi) is 5.33. The Balaban J connectivity index is 1.36. The Morgan fingerprint density at radius 1 is 1.33 bits per heavy atom. The topological polar surface area (TPSA) is 35.5 Å². The van der Waals surface area contributed by atoms with Crippen molar-refractivity contribution in [3.8, 4) is 0 Å². The summed E-state index contributed by atoms with van der Waals surface area (Å²) in [6.45, 7) is 6.02. The number of aliphatic hydroxyl groups is 1. The zero-order valence-corrected chi connectivity index (χ0v) is 13.8. The fourth-order valence-electron chi connectivity index (χ4n) is 3.35. The van der Waals surface area contributed by atoms with E-state index in [1.54, 1.807) is 11.3 Å². The van der Waals surface area contributed by atoms with Gasteiger partial charge in [-0.05, 0) is 69.5 Å². The van der Waals surface area contributed by atoms with E-state index < -0.39 is 0 Å². The van der Waals surface area contributed by atoms with Crippen LogP contribution in [0.1, 0.15) is 50.0 Å². The highest BCUT2D eigenvalue weighted by Crippen LogP contribution is 2.30. The highest BCUT2D eigenvalue weighted by atomic mass is 32.1. The van der Waals surface area contributed by atoms with Gasteiger partial charge < -0.3 is 15.3 Å². The van der Waals surface area contributed by atoms with Gasteiger partial charge in [0.1, 0.15) is 0 Å². The van der Waals surface area contributed by atoms with Crippen LogP contribution in [0, 0.1) is 5.92 Å². The van der Waals surface area contributed by atoms with Crippen LogP contribution in [0.5, 0.6) is 0 Å². The second-order valence-corrected chi connectivity index (χ2v) is 7.83. The van der Waals surface area contributed by atoms with Crippen LogP contribution in [-0.4, -0.2) is 41.7 Å². The van der Waals surface area contributed by atoms with Crippen LogP contribution in [0.4, 0.5) is 0 Å². The van der Waals surface area contributed by atoms with Crippen LogP contribution >= 0.6 is 11.3 Å². The van der Waals surface area contributed by atoms with Crippen molar-refractivity contribution >= 4 is 11.3 Å². The normalized spacial score (nSPS) is 24.1. The first-order valence-electron chi connectivity index (χ1n) is 8.40. The van der Waals surface area contributed by atoms with Gasteiger partial charge in [0, 0.05) is 23.5 Å². The van der Waals surface area contributed by atoms with E-state index in [1.807, 2.05) is 17.5 Å². The van der Waals surface area contributed by atoms with Crippen molar-refractivity contribution in [2.45, 2.75) is 57.2 Å². The molecule has 118 valence electrons. The van der Waals surface area contributed by atoms with Gasteiger partial charge in [0.15, 0.2) is 0 Å². The Morgan fingerprint density at radius 3 is 2.71 bits per heavy atom. The van der Waals surface area contributed by atoms with Crippen molar-refractivity contribution in [1.29, 1.82) is 0 Å². The minimum atomic E-state index is -0.317. The van der Waals surface area contributed by atoms with Gasteiger partial charge in [0.2, 0.25) is 0 Å². The number of nitrogens with zero attached hydrogens (tertiary/aromatic N) is 1. The Morgan fingerprint density at radius 2 is 2.10 bits per heavy atom. The molecule has 2 fully saturated rings. The van der Waals surface area contributed by atoms with Crippen LogP contribution in [0.25, 0.3) is 0 Å². The summed E-state index contributed by atoms with van der Waals surface area (Å²) in [6, 6.07) is 5.04. The zero-order valence-electron chi connectivity index (χ0n) is 13.0. The number of hydrogen-bond acceptors (Lipinski definition) is 4. The summed E-state index contributed by atoms with van der Waals surface area (Å²) in [5.74, 6) is 1.01. The van der Waals surface area contributed by atoms with Crippen LogP contribution in [0.15, 0.2) is 17.5 Å². The van der Waals surface area contributed by atoms with Gasteiger partial charge in [-0.2, -0.15) is 0 Å². The standard InChI is InChI=1S/C17H28N2OS/c1-13(11-16(20)17-3-2-10-21-17)18-15-6-8-19(9-7-15)12-14-4-5-14/h2-3,10,13-16,18,20H,4-9,11-12H2,1H3. The Labute approximate surface area is 132 Å². The molecule has 1 aromatic rings. The first kappa shape index (κ1) is 15.5. The second-order valence-electron chi connectivity index (χ2n) is 6.85. The van der Waals surface area contributed by atoms with Crippen LogP contribution in [0.3, 0.4) is 0 Å². The minimum absolute atomic E-state index is 0.317. The van der Waals surface area contributed by atoms with E-state index in [0.717, 1.165) is 17.2 Å². The third kappa shape index (κ3) is 4.78. The molecule has 1 aliphatic carbocycles. The van der Waals surface area contributed by atoms with Crippen LogP contribution < -0.4 is 5.32 Å². The predicted octanol–water partition coefficient (Wildman–Crippen LogP) is 3.02. The molecular formula is C17H28N2OS. The smallest absolute Gasteiger partial charge is 0.0896 e. The number of piperidine rings is 1. The highest BCUT2D eigenvalue weighted by molar-refractivity contribution is 7.10. The predicted molar refractivity (Wildman–Crippen MR) is 88.7 cm³/mol. The molecule has 2 N–H and O–H groups in total. The average Bonchev–Trinajstić information content (AvgIpc) is 3.10. The minimum Gasteiger partial charge on any atom is -0.388 e. The van der Waals surface area contributed by atoms with Crippen molar-refractivity contribution in [1.82, 2.24) is 10.2 Å². The van der Waals surface area contributed by atoms with Crippen molar-refractivity contribution in [2.24, 2.45) is 5.92 Å². The molecule has 0 aromatic carbocycles. The molecule has 0 radical (unpaired) electrons. The molecule has 3 rings (SSSR count). The van der Waals surface area contributed by atoms with Gasteiger partial charge in [0.05, 0.1) is 6.10 Å². The lowest BCUT2D eigenvalue weighted by molar-refractivity contribution is 0.144. The molecule has 2 unspecified atom stereocenters. The number of thiophene rings is 1. The van der Waals surface area contributed by atoms with Crippen LogP contribution in [0.2, 0.25) is 0 Å². The van der Waals surface area contributed by atoms with E-state index in [2.05, 4.69) is 17.1 Å². The lowest BCUT2D eigenvalue weighted by Crippen LogP contribution is -2.46. The van der Waals surface area contributed by atoms with E-state index in [1.165, 1.54) is 45.3 Å². The highest BCUT2D eigenvalue weighted by Gasteiger charge is 2.27. The molecule has 1 aliphatic heterocycles. The molecular weight excluding hydrogens is 280 g/mol. The molecule has 1 saturated carbocycles. The zero-order chi connectivity index (χ0) is 14.7. The molecule has 2 atom stereocenters. The fraction of sp³-hybridized carbons (Fsp3) is 0.765. The van der Waals surface area contributed by atoms with Gasteiger partial charge in [-0.3, -0.25) is 0 Å². The third-order valence-electron chi connectivity index (χ3n) is 4.77. The average molecular weight is 308 g/mol. The number of likely N-dealkylation sites (tertiary alicyclic amines) is 1. The van der Waals surface area contributed by atoms with Gasteiger partial charge in [-0.25, -0.2) is 0 Å². The van der Waals surface area contributed by atoms with Gasteiger partial charge >= 0.3 is 0 Å². The summed E-state index contributed by atoms with van der Waals surface area (Å²) in [7, 11) is 0. The number of aliphatic hydroxyl groups excluding tert-OH is 1. The summed E-state index contributed by atoms with van der Waals surface area (Å²) in [4.78, 5) is 3.73. The summed E-state index contributed by atoms with van der Waals surface area (Å²) in [5.41, 5.74) is 0. The van der Waals surface area contributed by atoms with Crippen molar-refractivity contribution < 1.29 is 5.11 Å². The second kappa shape index (κ2) is 7.23. The first-order valence-corrected chi connectivity index (χ1v) is 9.28. The molecule has 1 saturated heterocycles. The SMILES string of the molecule is CC(CC(O)c1cccs1)NC1CCN(CC2CC2)CC1. The molecule has 2 aliphatic rings. The maximum absolute atomic E-state index is 10.2. The number of hydrogen-bond donors (Lipinski definition) is 2. The molecule has 2 heterocycles. The molecule has 0 amide bonds. The number of rotatable bonds is 7. The molecule has 21 heavy (non-hydrogen) atoms. The van der Waals surface area contributed by atoms with Gasteiger partial charge in [-0.15, -0.1) is 11.3 Å². The number of nitrogens with one attached hydrogen (secondary N) is 1.